The first kappa shape index (κ1) is 29.4. The van der Waals surface area contributed by atoms with Gasteiger partial charge in [-0.3, -0.25) is 26.3 Å². The van der Waals surface area contributed by atoms with Crippen LogP contribution in [0.4, 0.5) is 13.2 Å². The molecule has 3 saturated heterocycles. The van der Waals surface area contributed by atoms with Gasteiger partial charge in [-0.25, -0.2) is 0 Å². The fourth-order valence-corrected chi connectivity index (χ4v) is 8.50. The van der Waals surface area contributed by atoms with Crippen LogP contribution < -0.4 is 16.0 Å². The predicted molar refractivity (Wildman–Crippen MR) is 146 cm³/mol. The third kappa shape index (κ3) is 5.80. The highest BCUT2D eigenvalue weighted by atomic mass is 19.4. The number of hydrogen-bond acceptors (Lipinski definition) is 6. The summed E-state index contributed by atoms with van der Waals surface area (Å²) in [5, 5.41) is 19.6. The van der Waals surface area contributed by atoms with E-state index in [9.17, 15) is 13.2 Å². The smallest absolute Gasteiger partial charge is 0.381 e. The molecule has 0 bridgehead atoms. The van der Waals surface area contributed by atoms with Gasteiger partial charge in [-0.2, -0.15) is 13.2 Å². The molecule has 0 aromatic heterocycles. The first-order valence-corrected chi connectivity index (χ1v) is 15.1. The zero-order valence-corrected chi connectivity index (χ0v) is 24.3. The molecule has 5 aliphatic rings. The zero-order chi connectivity index (χ0) is 28.1. The third-order valence-corrected chi connectivity index (χ3v) is 10.7. The molecule has 5 rings (SSSR count). The monoisotopic (exact) mass is 557 g/mol. The molecule has 4 N–H and O–H groups in total. The van der Waals surface area contributed by atoms with Crippen molar-refractivity contribution in [3.8, 4) is 0 Å². The van der Waals surface area contributed by atoms with Gasteiger partial charge >= 0.3 is 6.18 Å². The first-order chi connectivity index (χ1) is 18.5. The SMILES string of the molecule is COC1CC(CN2C(=N)N(C)C3CNC(C4CCCCC4C(C)C)NC32)CCC1C1NC(C(F)(F)F)CN1C. The van der Waals surface area contributed by atoms with E-state index in [-0.39, 0.29) is 43.1 Å². The van der Waals surface area contributed by atoms with Crippen LogP contribution in [0.2, 0.25) is 0 Å². The van der Waals surface area contributed by atoms with E-state index in [1.165, 1.54) is 25.7 Å². The van der Waals surface area contributed by atoms with Crippen molar-refractivity contribution < 1.29 is 17.9 Å². The largest absolute Gasteiger partial charge is 0.405 e. The second-order valence-electron chi connectivity index (χ2n) is 13.3. The average Bonchev–Trinajstić information content (AvgIpc) is 3.41. The van der Waals surface area contributed by atoms with E-state index in [0.717, 1.165) is 32.4 Å². The number of hydrogen-bond donors (Lipinski definition) is 4. The normalized spacial score (nSPS) is 42.4. The van der Waals surface area contributed by atoms with Gasteiger partial charge in [0.2, 0.25) is 0 Å². The molecule has 11 heteroatoms. The van der Waals surface area contributed by atoms with E-state index in [2.05, 4.69) is 39.6 Å². The van der Waals surface area contributed by atoms with Crippen LogP contribution in [-0.2, 0) is 4.74 Å². The van der Waals surface area contributed by atoms with Crippen LogP contribution in [0.25, 0.3) is 0 Å². The number of guanidine groups is 1. The number of alkyl halides is 3. The Bertz CT molecular complexity index is 860. The summed E-state index contributed by atoms with van der Waals surface area (Å²) in [5.41, 5.74) is 0. The van der Waals surface area contributed by atoms with Crippen molar-refractivity contribution in [1.82, 2.24) is 30.7 Å². The molecule has 2 aliphatic carbocycles. The Balaban J connectivity index is 1.24. The Kier molecular flexibility index (Phi) is 8.75. The average molecular weight is 558 g/mol. The summed E-state index contributed by atoms with van der Waals surface area (Å²) in [7, 11) is 5.49. The number of rotatable bonds is 6. The van der Waals surface area contributed by atoms with Crippen molar-refractivity contribution in [2.24, 2.45) is 29.6 Å². The molecule has 0 aromatic rings. The third-order valence-electron chi connectivity index (χ3n) is 10.7. The van der Waals surface area contributed by atoms with Gasteiger partial charge < -0.3 is 14.5 Å². The summed E-state index contributed by atoms with van der Waals surface area (Å²) in [4.78, 5) is 6.15. The molecule has 39 heavy (non-hydrogen) atoms. The molecule has 0 aromatic carbocycles. The van der Waals surface area contributed by atoms with Crippen LogP contribution in [0.1, 0.15) is 58.8 Å². The Morgan fingerprint density at radius 1 is 1.03 bits per heavy atom. The molecule has 10 atom stereocenters. The number of methoxy groups -OCH3 is 1. The second kappa shape index (κ2) is 11.6. The van der Waals surface area contributed by atoms with Gasteiger partial charge in [0, 0.05) is 39.7 Å². The van der Waals surface area contributed by atoms with Crippen molar-refractivity contribution >= 4 is 5.96 Å². The van der Waals surface area contributed by atoms with E-state index < -0.39 is 12.2 Å². The molecule has 8 nitrogen and oxygen atoms in total. The number of fused-ring (bicyclic) bond motifs is 1. The van der Waals surface area contributed by atoms with Gasteiger partial charge in [-0.15, -0.1) is 0 Å². The van der Waals surface area contributed by atoms with Gasteiger partial charge in [0.05, 0.1) is 24.5 Å². The Hall–Kier alpha value is -1.14. The molecule has 2 saturated carbocycles. The maximum Gasteiger partial charge on any atom is 0.405 e. The minimum Gasteiger partial charge on any atom is -0.381 e. The lowest BCUT2D eigenvalue weighted by Gasteiger charge is -2.46. The van der Waals surface area contributed by atoms with Crippen LogP contribution in [0.5, 0.6) is 0 Å². The summed E-state index contributed by atoms with van der Waals surface area (Å²) in [6, 6.07) is -1.28. The van der Waals surface area contributed by atoms with Crippen LogP contribution in [0, 0.1) is 35.0 Å². The van der Waals surface area contributed by atoms with Crippen molar-refractivity contribution in [3.63, 3.8) is 0 Å². The Morgan fingerprint density at radius 2 is 1.77 bits per heavy atom. The minimum absolute atomic E-state index is 0.0118. The van der Waals surface area contributed by atoms with Gasteiger partial charge in [-0.05, 0) is 62.8 Å². The Labute approximate surface area is 232 Å². The maximum absolute atomic E-state index is 13.4. The van der Waals surface area contributed by atoms with Gasteiger partial charge in [0.25, 0.3) is 0 Å². The highest BCUT2D eigenvalue weighted by Gasteiger charge is 2.51. The molecular formula is C28H50F3N7O. The minimum atomic E-state index is -4.24. The first-order valence-electron chi connectivity index (χ1n) is 15.1. The molecule has 3 heterocycles. The second-order valence-corrected chi connectivity index (χ2v) is 13.3. The molecule has 224 valence electrons. The number of halogens is 3. The van der Waals surface area contributed by atoms with Crippen LogP contribution in [0.3, 0.4) is 0 Å². The van der Waals surface area contributed by atoms with Crippen LogP contribution in [-0.4, -0.2) is 104 Å². The van der Waals surface area contributed by atoms with Gasteiger partial charge in [0.1, 0.15) is 12.2 Å². The van der Waals surface area contributed by atoms with E-state index in [1.807, 2.05) is 7.05 Å². The maximum atomic E-state index is 13.4. The number of ether oxygens (including phenoxy) is 1. The van der Waals surface area contributed by atoms with E-state index in [1.54, 1.807) is 19.1 Å². The van der Waals surface area contributed by atoms with E-state index in [4.69, 9.17) is 10.1 Å². The van der Waals surface area contributed by atoms with Crippen LogP contribution >= 0.6 is 0 Å². The summed E-state index contributed by atoms with van der Waals surface area (Å²) in [6.45, 7) is 6.32. The van der Waals surface area contributed by atoms with Crippen molar-refractivity contribution in [1.29, 1.82) is 5.41 Å². The molecule has 0 amide bonds. The van der Waals surface area contributed by atoms with Gasteiger partial charge in [-0.1, -0.05) is 26.7 Å². The lowest BCUT2D eigenvalue weighted by molar-refractivity contribution is -0.151. The number of likely N-dealkylation sites (N-methyl/N-ethyl adjacent to an activating group) is 2. The lowest BCUT2D eigenvalue weighted by Crippen LogP contribution is -2.67. The molecule has 10 unspecified atom stereocenters. The lowest BCUT2D eigenvalue weighted by atomic mass is 9.71. The number of nitrogens with zero attached hydrogens (tertiary/aromatic N) is 3. The predicted octanol–water partition coefficient (Wildman–Crippen LogP) is 3.07. The summed E-state index contributed by atoms with van der Waals surface area (Å²) in [5.74, 6) is 2.88. The van der Waals surface area contributed by atoms with E-state index >= 15 is 0 Å². The molecule has 3 aliphatic heterocycles. The fourth-order valence-electron chi connectivity index (χ4n) is 8.50. The van der Waals surface area contributed by atoms with Gasteiger partial charge in [0.15, 0.2) is 5.96 Å². The summed E-state index contributed by atoms with van der Waals surface area (Å²) >= 11 is 0. The van der Waals surface area contributed by atoms with E-state index in [0.29, 0.717) is 29.6 Å². The Morgan fingerprint density at radius 3 is 2.44 bits per heavy atom. The summed E-state index contributed by atoms with van der Waals surface area (Å²) < 4.78 is 46.1. The van der Waals surface area contributed by atoms with Crippen molar-refractivity contribution in [2.45, 2.75) is 102 Å². The zero-order valence-electron chi connectivity index (χ0n) is 24.3. The summed E-state index contributed by atoms with van der Waals surface area (Å²) in [6.07, 6.45) is 3.37. The molecule has 5 fully saturated rings. The highest BCUT2D eigenvalue weighted by Crippen LogP contribution is 2.40. The topological polar surface area (TPSA) is 78.9 Å². The number of nitrogens with one attached hydrogen (secondary N) is 4. The fraction of sp³-hybridized carbons (Fsp3) is 0.964. The molecule has 0 spiro atoms. The molecule has 0 radical (unpaired) electrons. The highest BCUT2D eigenvalue weighted by molar-refractivity contribution is 5.80. The quantitative estimate of drug-likeness (QED) is 0.400. The molecular weight excluding hydrogens is 507 g/mol. The van der Waals surface area contributed by atoms with Crippen molar-refractivity contribution in [2.75, 3.05) is 40.8 Å². The standard InChI is InChI=1S/C28H50F3N7O/c1-16(2)18-8-6-7-9-19(18)24-33-13-21-26(35-24)38(27(32)37(21)4)14-17-10-11-20(22(12-17)39-5)25-34-23(15-36(25)3)28(29,30)31/h16-26,32-35H,6-15H2,1-5H3. The van der Waals surface area contributed by atoms with Crippen LogP contribution in [0.15, 0.2) is 0 Å². The van der Waals surface area contributed by atoms with Crippen molar-refractivity contribution in [3.05, 3.63) is 0 Å².